The van der Waals surface area contributed by atoms with E-state index >= 15 is 0 Å². The predicted molar refractivity (Wildman–Crippen MR) is 118 cm³/mol. The minimum atomic E-state index is -0.378. The molecule has 1 heterocycles. The number of aliphatic hydroxyl groups is 1. The Kier molecular flexibility index (Phi) is 14.7. The standard InChI is InChI=1S/C22H43BrN2O/c1-3-5-6-7-8-9-10-11-12-13-14-15-16-17-20(26)22-24-21(23)19-25(22)18-4-2/h20-21,26H,3-19H2,1-2H3. The summed E-state index contributed by atoms with van der Waals surface area (Å²) in [4.78, 5) is 6.98. The molecular weight excluding hydrogens is 388 g/mol. The highest BCUT2D eigenvalue weighted by Gasteiger charge is 2.27. The van der Waals surface area contributed by atoms with Gasteiger partial charge in [-0.2, -0.15) is 0 Å². The van der Waals surface area contributed by atoms with Crippen molar-refractivity contribution in [2.75, 3.05) is 13.1 Å². The first-order valence-electron chi connectivity index (χ1n) is 11.3. The lowest BCUT2D eigenvalue weighted by atomic mass is 10.0. The van der Waals surface area contributed by atoms with Crippen LogP contribution >= 0.6 is 15.9 Å². The lowest BCUT2D eigenvalue weighted by Gasteiger charge is -2.23. The molecule has 0 aromatic rings. The molecule has 0 amide bonds. The summed E-state index contributed by atoms with van der Waals surface area (Å²) in [5.74, 6) is 0.910. The third kappa shape index (κ3) is 10.9. The van der Waals surface area contributed by atoms with Gasteiger partial charge in [-0.15, -0.1) is 0 Å². The second kappa shape index (κ2) is 15.9. The molecule has 0 fully saturated rings. The van der Waals surface area contributed by atoms with E-state index in [1.165, 1.54) is 77.0 Å². The number of hydrogen-bond acceptors (Lipinski definition) is 3. The first-order valence-corrected chi connectivity index (χ1v) is 12.2. The number of nitrogens with zero attached hydrogens (tertiary/aromatic N) is 2. The van der Waals surface area contributed by atoms with Crippen molar-refractivity contribution >= 4 is 21.8 Å². The van der Waals surface area contributed by atoms with Crippen molar-refractivity contribution in [3.63, 3.8) is 0 Å². The summed E-state index contributed by atoms with van der Waals surface area (Å²) in [5, 5.41) is 10.4. The maximum absolute atomic E-state index is 10.4. The number of amidine groups is 1. The second-order valence-corrected chi connectivity index (χ2v) is 8.97. The van der Waals surface area contributed by atoms with Gasteiger partial charge < -0.3 is 10.0 Å². The van der Waals surface area contributed by atoms with Gasteiger partial charge in [-0.05, 0) is 12.8 Å². The summed E-state index contributed by atoms with van der Waals surface area (Å²) in [6, 6.07) is 0. The van der Waals surface area contributed by atoms with Gasteiger partial charge in [0.1, 0.15) is 16.9 Å². The molecule has 0 spiro atoms. The van der Waals surface area contributed by atoms with Gasteiger partial charge >= 0.3 is 0 Å². The third-order valence-electron chi connectivity index (χ3n) is 5.34. The molecule has 2 atom stereocenters. The molecular formula is C22H43BrN2O. The van der Waals surface area contributed by atoms with Crippen molar-refractivity contribution in [2.24, 2.45) is 4.99 Å². The summed E-state index contributed by atoms with van der Waals surface area (Å²) in [6.45, 7) is 6.36. The molecule has 4 heteroatoms. The fourth-order valence-electron chi connectivity index (χ4n) is 3.80. The number of aliphatic hydroxyl groups excluding tert-OH is 1. The number of hydrogen-bond donors (Lipinski definition) is 1. The van der Waals surface area contributed by atoms with Crippen LogP contribution in [0.25, 0.3) is 0 Å². The molecule has 2 unspecified atom stereocenters. The van der Waals surface area contributed by atoms with E-state index in [9.17, 15) is 5.11 Å². The quantitative estimate of drug-likeness (QED) is 0.159. The van der Waals surface area contributed by atoms with Crippen LogP contribution in [0.2, 0.25) is 0 Å². The fraction of sp³-hybridized carbons (Fsp3) is 0.955. The summed E-state index contributed by atoms with van der Waals surface area (Å²) >= 11 is 3.56. The van der Waals surface area contributed by atoms with Crippen LogP contribution in [0, 0.1) is 0 Å². The summed E-state index contributed by atoms with van der Waals surface area (Å²) in [6.07, 6.45) is 19.3. The van der Waals surface area contributed by atoms with Gasteiger partial charge in [0.15, 0.2) is 0 Å². The first kappa shape index (κ1) is 23.9. The number of rotatable bonds is 17. The van der Waals surface area contributed by atoms with E-state index in [0.717, 1.165) is 38.2 Å². The number of aliphatic imine (C=N–C) groups is 1. The molecule has 1 rings (SSSR count). The van der Waals surface area contributed by atoms with Gasteiger partial charge in [0.2, 0.25) is 0 Å². The molecule has 0 saturated heterocycles. The molecule has 154 valence electrons. The molecule has 0 aliphatic carbocycles. The Bertz CT molecular complexity index is 362. The molecule has 3 nitrogen and oxygen atoms in total. The van der Waals surface area contributed by atoms with Gasteiger partial charge in [-0.3, -0.25) is 4.99 Å². The van der Waals surface area contributed by atoms with Crippen LogP contribution in [-0.4, -0.2) is 40.0 Å². The largest absolute Gasteiger partial charge is 0.385 e. The summed E-state index contributed by atoms with van der Waals surface area (Å²) < 4.78 is 0. The lowest BCUT2D eigenvalue weighted by molar-refractivity contribution is 0.209. The molecule has 0 saturated carbocycles. The van der Waals surface area contributed by atoms with Crippen LogP contribution < -0.4 is 0 Å². The highest BCUT2D eigenvalue weighted by molar-refractivity contribution is 9.09. The zero-order valence-electron chi connectivity index (χ0n) is 17.4. The lowest BCUT2D eigenvalue weighted by Crippen LogP contribution is -2.37. The Morgan fingerprint density at radius 2 is 1.38 bits per heavy atom. The first-order chi connectivity index (χ1) is 12.7. The van der Waals surface area contributed by atoms with Crippen LogP contribution in [0.4, 0.5) is 0 Å². The molecule has 0 aromatic carbocycles. The predicted octanol–water partition coefficient (Wildman–Crippen LogP) is 6.67. The summed E-state index contributed by atoms with van der Waals surface area (Å²) in [7, 11) is 0. The normalized spacial score (nSPS) is 18.4. The van der Waals surface area contributed by atoms with Crippen LogP contribution in [0.1, 0.15) is 110 Å². The Hall–Kier alpha value is -0.0900. The van der Waals surface area contributed by atoms with E-state index in [2.05, 4.69) is 39.7 Å². The van der Waals surface area contributed by atoms with E-state index in [0.29, 0.717) is 0 Å². The number of halogens is 1. The van der Waals surface area contributed by atoms with E-state index in [-0.39, 0.29) is 11.1 Å². The van der Waals surface area contributed by atoms with Crippen molar-refractivity contribution in [3.8, 4) is 0 Å². The maximum Gasteiger partial charge on any atom is 0.129 e. The zero-order valence-corrected chi connectivity index (χ0v) is 19.0. The second-order valence-electron chi connectivity index (χ2n) is 7.91. The molecule has 0 bridgehead atoms. The average Bonchev–Trinajstić information content (AvgIpc) is 2.99. The van der Waals surface area contributed by atoms with Gasteiger partial charge in [0.25, 0.3) is 0 Å². The third-order valence-corrected chi connectivity index (χ3v) is 5.83. The SMILES string of the molecule is CCCCCCCCCCCCCCCC(O)C1=NC(Br)CN1CCC. The van der Waals surface area contributed by atoms with Gasteiger partial charge in [-0.1, -0.05) is 113 Å². The van der Waals surface area contributed by atoms with Crippen molar-refractivity contribution in [2.45, 2.75) is 121 Å². The highest BCUT2D eigenvalue weighted by atomic mass is 79.9. The molecule has 26 heavy (non-hydrogen) atoms. The molecule has 0 radical (unpaired) electrons. The topological polar surface area (TPSA) is 35.8 Å². The Balaban J connectivity index is 1.93. The molecule has 1 N–H and O–H groups in total. The van der Waals surface area contributed by atoms with E-state index in [1.54, 1.807) is 0 Å². The minimum Gasteiger partial charge on any atom is -0.385 e. The van der Waals surface area contributed by atoms with E-state index in [4.69, 9.17) is 0 Å². The van der Waals surface area contributed by atoms with Crippen LogP contribution in [0.5, 0.6) is 0 Å². The minimum absolute atomic E-state index is 0.158. The van der Waals surface area contributed by atoms with Gasteiger partial charge in [-0.25, -0.2) is 0 Å². The van der Waals surface area contributed by atoms with Crippen LogP contribution in [0.15, 0.2) is 4.99 Å². The molecule has 0 aromatic heterocycles. The van der Waals surface area contributed by atoms with Crippen LogP contribution in [0.3, 0.4) is 0 Å². The summed E-state index contributed by atoms with van der Waals surface area (Å²) in [5.41, 5.74) is 0. The smallest absolute Gasteiger partial charge is 0.129 e. The van der Waals surface area contributed by atoms with Crippen molar-refractivity contribution in [1.29, 1.82) is 0 Å². The van der Waals surface area contributed by atoms with Crippen molar-refractivity contribution in [1.82, 2.24) is 4.90 Å². The van der Waals surface area contributed by atoms with Gasteiger partial charge in [0, 0.05) is 6.54 Å². The number of unbranched alkanes of at least 4 members (excludes halogenated alkanes) is 12. The molecule has 1 aliphatic heterocycles. The molecule has 1 aliphatic rings. The highest BCUT2D eigenvalue weighted by Crippen LogP contribution is 2.19. The maximum atomic E-state index is 10.4. The Morgan fingerprint density at radius 3 is 1.88 bits per heavy atom. The van der Waals surface area contributed by atoms with E-state index < -0.39 is 0 Å². The van der Waals surface area contributed by atoms with Crippen LogP contribution in [-0.2, 0) is 0 Å². The van der Waals surface area contributed by atoms with Gasteiger partial charge in [0.05, 0.1) is 6.54 Å². The average molecular weight is 432 g/mol. The monoisotopic (exact) mass is 430 g/mol. The zero-order chi connectivity index (χ0) is 19.0. The Labute approximate surface area is 171 Å². The van der Waals surface area contributed by atoms with E-state index in [1.807, 2.05) is 0 Å². The number of alkyl halides is 1. The Morgan fingerprint density at radius 1 is 0.885 bits per heavy atom. The van der Waals surface area contributed by atoms with Crippen molar-refractivity contribution < 1.29 is 5.11 Å². The van der Waals surface area contributed by atoms with Crippen molar-refractivity contribution in [3.05, 3.63) is 0 Å². The fourth-order valence-corrected chi connectivity index (χ4v) is 4.36.